The maximum atomic E-state index is 9.88. The summed E-state index contributed by atoms with van der Waals surface area (Å²) in [5.41, 5.74) is 1.08. The van der Waals surface area contributed by atoms with Crippen molar-refractivity contribution in [3.8, 4) is 0 Å². The van der Waals surface area contributed by atoms with E-state index in [-0.39, 0.29) is 0 Å². The van der Waals surface area contributed by atoms with E-state index in [4.69, 9.17) is 0 Å². The molecule has 1 nitrogen and oxygen atoms in total. The Hall–Kier alpha value is 0.140. The van der Waals surface area contributed by atoms with Gasteiger partial charge < -0.3 is 0 Å². The highest BCUT2D eigenvalue weighted by atomic mass is 127. The lowest BCUT2D eigenvalue weighted by molar-refractivity contribution is -0.104. The molecular weight excluding hydrogens is 203 g/mol. The van der Waals surface area contributed by atoms with E-state index in [9.17, 15) is 4.79 Å². The van der Waals surface area contributed by atoms with Crippen molar-refractivity contribution in [3.63, 3.8) is 0 Å². The lowest BCUT2D eigenvalue weighted by Gasteiger charge is -1.84. The fraction of sp³-hybridized carbons (Fsp3) is 0.400. The van der Waals surface area contributed by atoms with Gasteiger partial charge in [-0.2, -0.15) is 0 Å². The third-order valence-corrected chi connectivity index (χ3v) is 1.91. The van der Waals surface area contributed by atoms with Crippen molar-refractivity contribution < 1.29 is 4.79 Å². The van der Waals surface area contributed by atoms with Gasteiger partial charge in [0.15, 0.2) is 6.29 Å². The first-order valence-electron chi connectivity index (χ1n) is 1.96. The van der Waals surface area contributed by atoms with Gasteiger partial charge in [0, 0.05) is 0 Å². The summed E-state index contributed by atoms with van der Waals surface area (Å²) in [7, 11) is 0. The van der Waals surface area contributed by atoms with Gasteiger partial charge in [0.05, 0.1) is 3.58 Å². The van der Waals surface area contributed by atoms with Crippen LogP contribution in [0.5, 0.6) is 0 Å². The molecule has 0 aromatic carbocycles. The molecule has 7 heavy (non-hydrogen) atoms. The number of hydrogen-bond donors (Lipinski definition) is 0. The average Bonchev–Trinajstić information content (AvgIpc) is 1.65. The summed E-state index contributed by atoms with van der Waals surface area (Å²) in [5.74, 6) is 0. The number of aldehydes is 1. The second-order valence-electron chi connectivity index (χ2n) is 1.47. The molecule has 0 spiro atoms. The second-order valence-corrected chi connectivity index (χ2v) is 2.63. The first-order chi connectivity index (χ1) is 3.18. The number of carbonyl (C=O) groups is 1. The van der Waals surface area contributed by atoms with E-state index in [0.717, 1.165) is 15.4 Å². The van der Waals surface area contributed by atoms with Crippen LogP contribution in [0.4, 0.5) is 0 Å². The third-order valence-electron chi connectivity index (χ3n) is 0.581. The maximum Gasteiger partial charge on any atom is 0.156 e. The van der Waals surface area contributed by atoms with Gasteiger partial charge in [-0.15, -0.1) is 0 Å². The lowest BCUT2D eigenvalue weighted by atomic mass is 10.3. The topological polar surface area (TPSA) is 17.1 Å². The van der Waals surface area contributed by atoms with E-state index in [2.05, 4.69) is 0 Å². The minimum Gasteiger partial charge on any atom is -0.297 e. The zero-order chi connectivity index (χ0) is 5.86. The molecule has 0 aliphatic heterocycles. The Morgan fingerprint density at radius 1 is 1.57 bits per heavy atom. The van der Waals surface area contributed by atoms with Crippen molar-refractivity contribution in [2.45, 2.75) is 13.8 Å². The van der Waals surface area contributed by atoms with Crippen LogP contribution in [0.3, 0.4) is 0 Å². The van der Waals surface area contributed by atoms with Crippen LogP contribution in [0.25, 0.3) is 0 Å². The van der Waals surface area contributed by atoms with E-state index in [1.807, 2.05) is 36.4 Å². The van der Waals surface area contributed by atoms with Gasteiger partial charge >= 0.3 is 0 Å². The fourth-order valence-corrected chi connectivity index (χ4v) is 0.118. The molecule has 0 N–H and O–H groups in total. The van der Waals surface area contributed by atoms with Crippen LogP contribution in [-0.2, 0) is 4.79 Å². The molecule has 0 heterocycles. The highest BCUT2D eigenvalue weighted by Crippen LogP contribution is 2.06. The Morgan fingerprint density at radius 2 is 2.00 bits per heavy atom. The smallest absolute Gasteiger partial charge is 0.156 e. The molecule has 0 amide bonds. The second kappa shape index (κ2) is 3.18. The Bertz CT molecular complexity index is 101. The van der Waals surface area contributed by atoms with Crippen LogP contribution < -0.4 is 0 Å². The number of halogens is 1. The summed E-state index contributed by atoms with van der Waals surface area (Å²) >= 11 is 2.01. The Morgan fingerprint density at radius 3 is 2.00 bits per heavy atom. The largest absolute Gasteiger partial charge is 0.297 e. The van der Waals surface area contributed by atoms with Gasteiger partial charge in [-0.3, -0.25) is 4.79 Å². The molecule has 0 aliphatic carbocycles. The zero-order valence-electron chi connectivity index (χ0n) is 4.36. The van der Waals surface area contributed by atoms with Crippen LogP contribution >= 0.6 is 22.6 Å². The quantitative estimate of drug-likeness (QED) is 0.367. The molecular formula is C5H7IO. The van der Waals surface area contributed by atoms with Crippen molar-refractivity contribution in [1.29, 1.82) is 0 Å². The summed E-state index contributed by atoms with van der Waals surface area (Å²) in [5, 5.41) is 0. The fourth-order valence-electron chi connectivity index (χ4n) is 0.118. The number of rotatable bonds is 1. The normalized spacial score (nSPS) is 7.86. The minimum atomic E-state index is 0.803. The molecule has 0 rings (SSSR count). The van der Waals surface area contributed by atoms with Crippen molar-refractivity contribution in [2.75, 3.05) is 0 Å². The number of hydrogen-bond acceptors (Lipinski definition) is 1. The molecule has 0 atom stereocenters. The van der Waals surface area contributed by atoms with E-state index in [0.29, 0.717) is 0 Å². The average molecular weight is 210 g/mol. The van der Waals surface area contributed by atoms with Crippen molar-refractivity contribution in [3.05, 3.63) is 9.15 Å². The molecule has 0 unspecified atom stereocenters. The van der Waals surface area contributed by atoms with Crippen LogP contribution in [0.15, 0.2) is 9.15 Å². The van der Waals surface area contributed by atoms with E-state index < -0.39 is 0 Å². The van der Waals surface area contributed by atoms with Crippen LogP contribution in [0.2, 0.25) is 0 Å². The van der Waals surface area contributed by atoms with Gasteiger partial charge in [-0.05, 0) is 36.4 Å². The molecule has 0 fully saturated rings. The Kier molecular flexibility index (Phi) is 3.25. The minimum absolute atomic E-state index is 0.803. The molecule has 0 aromatic rings. The van der Waals surface area contributed by atoms with Gasteiger partial charge in [0.1, 0.15) is 0 Å². The van der Waals surface area contributed by atoms with Gasteiger partial charge in [0.25, 0.3) is 0 Å². The maximum absolute atomic E-state index is 9.88. The summed E-state index contributed by atoms with van der Waals surface area (Å²) in [6.45, 7) is 3.83. The highest BCUT2D eigenvalue weighted by molar-refractivity contribution is 14.1. The molecule has 2 heteroatoms. The van der Waals surface area contributed by atoms with E-state index in [1.54, 1.807) is 0 Å². The molecule has 0 aromatic heterocycles. The third kappa shape index (κ3) is 2.79. The van der Waals surface area contributed by atoms with Crippen LogP contribution in [0, 0.1) is 0 Å². The van der Waals surface area contributed by atoms with Gasteiger partial charge in [-0.1, -0.05) is 5.57 Å². The Labute approximate surface area is 56.9 Å². The predicted molar refractivity (Wildman–Crippen MR) is 38.5 cm³/mol. The van der Waals surface area contributed by atoms with Crippen molar-refractivity contribution >= 4 is 28.9 Å². The van der Waals surface area contributed by atoms with Gasteiger partial charge in [0.2, 0.25) is 0 Å². The Balaban J connectivity index is 3.98. The monoisotopic (exact) mass is 210 g/mol. The highest BCUT2D eigenvalue weighted by Gasteiger charge is 1.85. The molecule has 0 aliphatic rings. The van der Waals surface area contributed by atoms with Crippen LogP contribution in [0.1, 0.15) is 13.8 Å². The summed E-state index contributed by atoms with van der Waals surface area (Å²) in [6, 6.07) is 0. The zero-order valence-corrected chi connectivity index (χ0v) is 6.52. The van der Waals surface area contributed by atoms with Gasteiger partial charge in [-0.25, -0.2) is 0 Å². The standard InChI is InChI=1S/C5H7IO/c1-4(2)5(6)3-7/h3H,1-2H3. The predicted octanol–water partition coefficient (Wildman–Crippen LogP) is 1.91. The lowest BCUT2D eigenvalue weighted by Crippen LogP contribution is -1.73. The first-order valence-corrected chi connectivity index (χ1v) is 3.04. The summed E-state index contributed by atoms with van der Waals surface area (Å²) in [6.07, 6.45) is 0.857. The summed E-state index contributed by atoms with van der Waals surface area (Å²) < 4.78 is 0.803. The summed E-state index contributed by atoms with van der Waals surface area (Å²) in [4.78, 5) is 9.88. The van der Waals surface area contributed by atoms with Crippen molar-refractivity contribution in [1.82, 2.24) is 0 Å². The molecule has 0 saturated heterocycles. The SMILES string of the molecule is CC(C)=C(I)C=O. The van der Waals surface area contributed by atoms with E-state index in [1.165, 1.54) is 0 Å². The van der Waals surface area contributed by atoms with Crippen LogP contribution in [-0.4, -0.2) is 6.29 Å². The number of carbonyl (C=O) groups excluding carboxylic acids is 1. The molecule has 0 saturated carbocycles. The van der Waals surface area contributed by atoms with E-state index >= 15 is 0 Å². The molecule has 0 bridgehead atoms. The molecule has 40 valence electrons. The number of allylic oxidation sites excluding steroid dienone is 2. The molecule has 0 radical (unpaired) electrons. The first kappa shape index (κ1) is 7.14. The van der Waals surface area contributed by atoms with Crippen molar-refractivity contribution in [2.24, 2.45) is 0 Å².